The van der Waals surface area contributed by atoms with Crippen molar-refractivity contribution < 1.29 is 0 Å². The van der Waals surface area contributed by atoms with Crippen LogP contribution in [-0.4, -0.2) is 46.5 Å². The predicted molar refractivity (Wildman–Crippen MR) is 75.4 cm³/mol. The number of nitrogens with zero attached hydrogens (tertiary/aromatic N) is 4. The third-order valence-corrected chi connectivity index (χ3v) is 4.02. The Morgan fingerprint density at radius 3 is 2.89 bits per heavy atom. The Morgan fingerprint density at radius 2 is 2.26 bits per heavy atom. The van der Waals surface area contributed by atoms with Crippen molar-refractivity contribution in [1.29, 1.82) is 5.26 Å². The Kier molecular flexibility index (Phi) is 4.18. The lowest BCUT2D eigenvalue weighted by Crippen LogP contribution is -2.62. The van der Waals surface area contributed by atoms with Crippen LogP contribution in [0.1, 0.15) is 26.0 Å². The number of hydrogen-bond donors (Lipinski definition) is 0. The van der Waals surface area contributed by atoms with Crippen molar-refractivity contribution in [3.63, 3.8) is 0 Å². The molecule has 0 saturated carbocycles. The first-order chi connectivity index (χ1) is 9.03. The summed E-state index contributed by atoms with van der Waals surface area (Å²) in [6.45, 7) is 7.27. The zero-order valence-electron chi connectivity index (χ0n) is 12.0. The molecule has 0 radical (unpaired) electrons. The molecule has 19 heavy (non-hydrogen) atoms. The largest absolute Gasteiger partial charge is 0.295 e. The summed E-state index contributed by atoms with van der Waals surface area (Å²) in [6.07, 6.45) is 2.42. The van der Waals surface area contributed by atoms with E-state index < -0.39 is 0 Å². The molecule has 1 aromatic heterocycles. The molecule has 2 heterocycles. The van der Waals surface area contributed by atoms with E-state index in [2.05, 4.69) is 47.8 Å². The maximum Gasteiger partial charge on any atom is 0.0638 e. The summed E-state index contributed by atoms with van der Waals surface area (Å²) in [5.41, 5.74) is 1.19. The van der Waals surface area contributed by atoms with Gasteiger partial charge in [0.05, 0.1) is 18.2 Å². The molecule has 102 valence electrons. The van der Waals surface area contributed by atoms with Crippen molar-refractivity contribution in [1.82, 2.24) is 14.8 Å². The van der Waals surface area contributed by atoms with Gasteiger partial charge in [-0.3, -0.25) is 14.8 Å². The highest BCUT2D eigenvalue weighted by atomic mass is 15.3. The standard InChI is InChI=1S/C15H22N4/c1-15(2)12-19(10-13-6-4-5-9-17-13)11-14(7-8-16)18(15)3/h4-6,9,14H,7,10-12H2,1-3H3. The molecule has 0 N–H and O–H groups in total. The zero-order valence-corrected chi connectivity index (χ0v) is 12.0. The second-order valence-corrected chi connectivity index (χ2v) is 5.93. The van der Waals surface area contributed by atoms with Crippen LogP contribution in [0.25, 0.3) is 0 Å². The highest BCUT2D eigenvalue weighted by Crippen LogP contribution is 2.25. The molecule has 1 aliphatic heterocycles. The molecule has 1 unspecified atom stereocenters. The number of piperazine rings is 1. The number of rotatable bonds is 3. The molecule has 4 heteroatoms. The number of pyridine rings is 1. The number of hydrogen-bond acceptors (Lipinski definition) is 4. The second kappa shape index (κ2) is 5.68. The van der Waals surface area contributed by atoms with Gasteiger partial charge in [-0.2, -0.15) is 5.26 Å². The van der Waals surface area contributed by atoms with Crippen molar-refractivity contribution in [2.75, 3.05) is 20.1 Å². The first-order valence-corrected chi connectivity index (χ1v) is 6.75. The first-order valence-electron chi connectivity index (χ1n) is 6.75. The Morgan fingerprint density at radius 1 is 1.47 bits per heavy atom. The van der Waals surface area contributed by atoms with Gasteiger partial charge in [0.15, 0.2) is 0 Å². The van der Waals surface area contributed by atoms with E-state index in [4.69, 9.17) is 5.26 Å². The minimum Gasteiger partial charge on any atom is -0.295 e. The van der Waals surface area contributed by atoms with Gasteiger partial charge in [-0.1, -0.05) is 6.07 Å². The van der Waals surface area contributed by atoms with E-state index in [1.807, 2.05) is 18.3 Å². The lowest BCUT2D eigenvalue weighted by Gasteiger charge is -2.49. The molecular weight excluding hydrogens is 236 g/mol. The lowest BCUT2D eigenvalue weighted by atomic mass is 9.94. The Bertz CT molecular complexity index is 449. The van der Waals surface area contributed by atoms with Gasteiger partial charge in [0.1, 0.15) is 0 Å². The van der Waals surface area contributed by atoms with Crippen LogP contribution in [0, 0.1) is 11.3 Å². The van der Waals surface area contributed by atoms with E-state index in [0.29, 0.717) is 12.5 Å². The fourth-order valence-corrected chi connectivity index (χ4v) is 2.79. The van der Waals surface area contributed by atoms with Gasteiger partial charge in [0.2, 0.25) is 0 Å². The molecular formula is C15H22N4. The smallest absolute Gasteiger partial charge is 0.0638 e. The van der Waals surface area contributed by atoms with Crippen LogP contribution in [0.5, 0.6) is 0 Å². The van der Waals surface area contributed by atoms with Crippen LogP contribution in [0.3, 0.4) is 0 Å². The summed E-state index contributed by atoms with van der Waals surface area (Å²) >= 11 is 0. The van der Waals surface area contributed by atoms with E-state index in [0.717, 1.165) is 25.3 Å². The Hall–Kier alpha value is -1.44. The third kappa shape index (κ3) is 3.31. The van der Waals surface area contributed by atoms with Crippen LogP contribution in [0.15, 0.2) is 24.4 Å². The summed E-state index contributed by atoms with van der Waals surface area (Å²) in [5, 5.41) is 8.97. The molecule has 0 bridgehead atoms. The summed E-state index contributed by atoms with van der Waals surface area (Å²) in [6, 6.07) is 8.63. The Balaban J connectivity index is 2.08. The van der Waals surface area contributed by atoms with Crippen LogP contribution in [0.4, 0.5) is 0 Å². The van der Waals surface area contributed by atoms with Gasteiger partial charge in [0.25, 0.3) is 0 Å². The topological polar surface area (TPSA) is 43.2 Å². The molecule has 1 aromatic rings. The van der Waals surface area contributed by atoms with Crippen molar-refractivity contribution in [3.05, 3.63) is 30.1 Å². The fraction of sp³-hybridized carbons (Fsp3) is 0.600. The third-order valence-electron chi connectivity index (χ3n) is 4.02. The Labute approximate surface area is 115 Å². The van der Waals surface area contributed by atoms with Crippen LogP contribution in [-0.2, 0) is 6.54 Å². The molecule has 4 nitrogen and oxygen atoms in total. The summed E-state index contributed by atoms with van der Waals surface area (Å²) in [5.74, 6) is 0. The average Bonchev–Trinajstić information content (AvgIpc) is 2.36. The maximum atomic E-state index is 8.97. The maximum absolute atomic E-state index is 8.97. The van der Waals surface area contributed by atoms with Crippen molar-refractivity contribution in [2.45, 2.75) is 38.4 Å². The summed E-state index contributed by atoms with van der Waals surface area (Å²) in [4.78, 5) is 9.14. The summed E-state index contributed by atoms with van der Waals surface area (Å²) < 4.78 is 0. The van der Waals surface area contributed by atoms with Crippen LogP contribution < -0.4 is 0 Å². The molecule has 1 fully saturated rings. The normalized spacial score (nSPS) is 24.0. The van der Waals surface area contributed by atoms with Gasteiger partial charge in [-0.15, -0.1) is 0 Å². The average molecular weight is 258 g/mol. The highest BCUT2D eigenvalue weighted by Gasteiger charge is 2.37. The monoisotopic (exact) mass is 258 g/mol. The predicted octanol–water partition coefficient (Wildman–Crippen LogP) is 1.89. The van der Waals surface area contributed by atoms with Crippen LogP contribution in [0.2, 0.25) is 0 Å². The van der Waals surface area contributed by atoms with Gasteiger partial charge < -0.3 is 0 Å². The highest BCUT2D eigenvalue weighted by molar-refractivity contribution is 5.05. The molecule has 0 aromatic carbocycles. The molecule has 0 aliphatic carbocycles. The number of nitriles is 1. The second-order valence-electron chi connectivity index (χ2n) is 5.93. The minimum atomic E-state index is 0.0918. The number of likely N-dealkylation sites (N-methyl/N-ethyl adjacent to an activating group) is 1. The van der Waals surface area contributed by atoms with E-state index in [1.165, 1.54) is 0 Å². The van der Waals surface area contributed by atoms with E-state index >= 15 is 0 Å². The quantitative estimate of drug-likeness (QED) is 0.830. The van der Waals surface area contributed by atoms with Gasteiger partial charge >= 0.3 is 0 Å². The summed E-state index contributed by atoms with van der Waals surface area (Å²) in [7, 11) is 2.13. The van der Waals surface area contributed by atoms with E-state index in [9.17, 15) is 0 Å². The van der Waals surface area contributed by atoms with Gasteiger partial charge in [0, 0.05) is 37.4 Å². The van der Waals surface area contributed by atoms with Crippen molar-refractivity contribution in [3.8, 4) is 6.07 Å². The SMILES string of the molecule is CN1C(CC#N)CN(Cc2ccccn2)CC1(C)C. The van der Waals surface area contributed by atoms with E-state index in [1.54, 1.807) is 0 Å². The molecule has 1 atom stereocenters. The molecule has 1 saturated heterocycles. The minimum absolute atomic E-state index is 0.0918. The van der Waals surface area contributed by atoms with Crippen molar-refractivity contribution in [2.24, 2.45) is 0 Å². The van der Waals surface area contributed by atoms with Crippen molar-refractivity contribution >= 4 is 0 Å². The zero-order chi connectivity index (χ0) is 13.9. The van der Waals surface area contributed by atoms with E-state index in [-0.39, 0.29) is 5.54 Å². The fourth-order valence-electron chi connectivity index (χ4n) is 2.79. The van der Waals surface area contributed by atoms with Gasteiger partial charge in [-0.05, 0) is 33.0 Å². The lowest BCUT2D eigenvalue weighted by molar-refractivity contribution is -0.00841. The first kappa shape index (κ1) is 14.0. The van der Waals surface area contributed by atoms with Crippen LogP contribution >= 0.6 is 0 Å². The molecule has 0 spiro atoms. The van der Waals surface area contributed by atoms with Gasteiger partial charge in [-0.25, -0.2) is 0 Å². The number of aromatic nitrogens is 1. The molecule has 1 aliphatic rings. The molecule has 0 amide bonds. The molecule has 2 rings (SSSR count).